The van der Waals surface area contributed by atoms with Crippen LogP contribution >= 0.6 is 15.8 Å². The van der Waals surface area contributed by atoms with Gasteiger partial charge < -0.3 is 9.47 Å². The molecule has 1 aromatic heterocycles. The van der Waals surface area contributed by atoms with E-state index >= 15 is 0 Å². The normalized spacial score (nSPS) is 23.8. The molecule has 3 saturated heterocycles. The van der Waals surface area contributed by atoms with Crippen molar-refractivity contribution in [2.45, 2.75) is 44.6 Å². The molecule has 4 heterocycles. The second kappa shape index (κ2) is 14.4. The number of aromatic nitrogens is 2. The molecule has 52 heavy (non-hydrogen) atoms. The van der Waals surface area contributed by atoms with E-state index in [1.807, 2.05) is 6.07 Å². The zero-order valence-electron chi connectivity index (χ0n) is 28.5. The summed E-state index contributed by atoms with van der Waals surface area (Å²) in [7, 11) is -8.80. The number of halogens is 6. The maximum absolute atomic E-state index is 13.8. The third-order valence-electron chi connectivity index (χ3n) is 8.77. The van der Waals surface area contributed by atoms with Crippen molar-refractivity contribution in [3.8, 4) is 0 Å². The number of rotatable bonds is 8. The van der Waals surface area contributed by atoms with Crippen molar-refractivity contribution in [1.29, 1.82) is 0 Å². The number of esters is 1. The molecular formula is C32H39F6N5O7P2. The minimum atomic E-state index is -10.7. The van der Waals surface area contributed by atoms with Crippen molar-refractivity contribution in [2.24, 2.45) is 0 Å². The Balaban J connectivity index is 0.000000679. The average Bonchev–Trinajstić information content (AvgIpc) is 3.82. The number of hydrogen-bond acceptors (Lipinski definition) is 10. The number of carbonyl (C=O) groups is 2. The van der Waals surface area contributed by atoms with Crippen LogP contribution in [0.25, 0.3) is 0 Å². The molecular weight excluding hydrogens is 742 g/mol. The Morgan fingerprint density at radius 3 is 1.90 bits per heavy atom. The van der Waals surface area contributed by atoms with Crippen LogP contribution in [0.5, 0.6) is 0 Å². The van der Waals surface area contributed by atoms with Crippen molar-refractivity contribution in [3.05, 3.63) is 104 Å². The summed E-state index contributed by atoms with van der Waals surface area (Å²) in [6.07, 6.45) is 1.37. The van der Waals surface area contributed by atoms with E-state index in [2.05, 4.69) is 28.1 Å². The van der Waals surface area contributed by atoms with Gasteiger partial charge in [0.05, 0.1) is 18.7 Å². The molecule has 0 radical (unpaired) electrons. The molecule has 3 atom stereocenters. The molecule has 3 aliphatic rings. The molecule has 3 aromatic rings. The molecule has 0 N–H and O–H groups in total. The van der Waals surface area contributed by atoms with Crippen LogP contribution in [-0.2, 0) is 14.0 Å². The van der Waals surface area contributed by atoms with Crippen LogP contribution in [0.3, 0.4) is 0 Å². The van der Waals surface area contributed by atoms with Gasteiger partial charge in [0, 0.05) is 50.9 Å². The Kier molecular flexibility index (Phi) is 11.0. The van der Waals surface area contributed by atoms with Crippen LogP contribution in [0.2, 0.25) is 0 Å². The van der Waals surface area contributed by atoms with E-state index in [0.29, 0.717) is 10.1 Å². The van der Waals surface area contributed by atoms with E-state index in [4.69, 9.17) is 14.0 Å². The number of likely N-dealkylation sites (N-methyl/N-ethyl adjacent to an activating group) is 2. The minimum absolute atomic E-state index is 0.124. The van der Waals surface area contributed by atoms with Gasteiger partial charge in [-0.3, -0.25) is 14.2 Å². The third kappa shape index (κ3) is 9.53. The van der Waals surface area contributed by atoms with Crippen molar-refractivity contribution in [2.75, 3.05) is 46.9 Å². The van der Waals surface area contributed by atoms with Gasteiger partial charge in [0.1, 0.15) is 25.0 Å². The first kappa shape index (κ1) is 39.7. The van der Waals surface area contributed by atoms with Crippen molar-refractivity contribution in [1.82, 2.24) is 23.1 Å². The molecule has 12 nitrogen and oxygen atoms in total. The van der Waals surface area contributed by atoms with E-state index in [1.54, 1.807) is 61.5 Å². The van der Waals surface area contributed by atoms with Gasteiger partial charge in [0.2, 0.25) is 0 Å². The van der Waals surface area contributed by atoms with E-state index in [-0.39, 0.29) is 24.2 Å². The van der Waals surface area contributed by atoms with Gasteiger partial charge >= 0.3 is 52.6 Å². The van der Waals surface area contributed by atoms with Crippen LogP contribution < -0.4 is 11.2 Å². The second-order valence-corrected chi connectivity index (χ2v) is 17.8. The molecule has 0 aliphatic carbocycles. The molecule has 2 aromatic carbocycles. The summed E-state index contributed by atoms with van der Waals surface area (Å²) in [6.45, 7) is 5.29. The molecule has 0 unspecified atom stereocenters. The number of benzene rings is 2. The van der Waals surface area contributed by atoms with Crippen molar-refractivity contribution in [3.63, 3.8) is 0 Å². The summed E-state index contributed by atoms with van der Waals surface area (Å²) >= 11 is 0. The quantitative estimate of drug-likeness (QED) is 0.141. The molecule has 20 heteroatoms. The van der Waals surface area contributed by atoms with Gasteiger partial charge in [-0.15, -0.1) is 14.0 Å². The number of ether oxygens (including phenoxy) is 2. The van der Waals surface area contributed by atoms with E-state index in [0.717, 1.165) is 39.0 Å². The third-order valence-corrected chi connectivity index (χ3v) is 12.6. The Labute approximate surface area is 295 Å². The van der Waals surface area contributed by atoms with Gasteiger partial charge in [-0.25, -0.2) is 9.59 Å². The number of carbonyl (C=O) groups excluding carboxylic acids is 2. The van der Waals surface area contributed by atoms with Crippen molar-refractivity contribution >= 4 is 27.6 Å². The molecule has 0 amide bonds. The van der Waals surface area contributed by atoms with Gasteiger partial charge in [-0.2, -0.15) is 9.09 Å². The molecule has 3 fully saturated rings. The number of aryl methyl sites for hydroxylation is 1. The zero-order chi connectivity index (χ0) is 38.1. The fraction of sp³-hybridized carbons (Fsp3) is 0.438. The zero-order valence-corrected chi connectivity index (χ0v) is 30.3. The second-order valence-electron chi connectivity index (χ2n) is 12.7. The summed E-state index contributed by atoms with van der Waals surface area (Å²) in [5.74, 6) is -1.24. The molecule has 0 spiro atoms. The van der Waals surface area contributed by atoms with Crippen LogP contribution in [0.1, 0.15) is 51.8 Å². The van der Waals surface area contributed by atoms with E-state index in [1.165, 1.54) is 10.8 Å². The Bertz CT molecular complexity index is 1880. The first-order valence-electron chi connectivity index (χ1n) is 16.3. The van der Waals surface area contributed by atoms with Crippen molar-refractivity contribution < 1.29 is 48.8 Å². The van der Waals surface area contributed by atoms with Gasteiger partial charge in [0.25, 0.3) is 11.5 Å². The van der Waals surface area contributed by atoms with Crippen LogP contribution in [-0.4, -0.2) is 94.1 Å². The van der Waals surface area contributed by atoms with Gasteiger partial charge in [-0.05, 0) is 44.0 Å². The molecule has 286 valence electrons. The first-order valence-corrected chi connectivity index (χ1v) is 19.9. The fourth-order valence-corrected chi connectivity index (χ4v) is 10.2. The number of hydrogen-bond donors (Lipinski definition) is 0. The summed E-state index contributed by atoms with van der Waals surface area (Å²) in [5, 5.41) is 0. The number of nitrogens with zero attached hydrogens (tertiary/aromatic N) is 5. The Morgan fingerprint density at radius 1 is 0.846 bits per heavy atom. The standard InChI is InChI=1S/C32H39N5O7P.F6P/c1-23-21-36(32(41)37(29(23)38)30(39)24-12-6-4-7-13-24)28-20-26(44-31(40)25-14-8-5-9-15-25)27(43-28)22-42-45(35-16-10-11-17-35)33(2)18-19-34(45)3;1-7(2,3,4,5)6/h4-9,12-15,21,26-28H,10-11,16-20,22H2,1-3H3;/q+1;-1/t26-,27+,28+;/m0./s1. The van der Waals surface area contributed by atoms with Gasteiger partial charge in [0.15, 0.2) is 0 Å². The monoisotopic (exact) mass is 781 g/mol. The maximum atomic E-state index is 13.8. The topological polar surface area (TPSA) is 116 Å². The summed E-state index contributed by atoms with van der Waals surface area (Å²) in [5.41, 5.74) is -0.710. The molecule has 3 aliphatic heterocycles. The summed E-state index contributed by atoms with van der Waals surface area (Å²) < 4.78 is 87.4. The van der Waals surface area contributed by atoms with Crippen LogP contribution in [0.4, 0.5) is 25.2 Å². The Hall–Kier alpha value is -3.50. The molecule has 6 rings (SSSR count). The molecule has 0 saturated carbocycles. The Morgan fingerprint density at radius 2 is 1.37 bits per heavy atom. The fourth-order valence-electron chi connectivity index (χ4n) is 6.37. The van der Waals surface area contributed by atoms with E-state index < -0.39 is 57.3 Å². The SMILES string of the molecule is Cc1cn([C@H]2C[C@H](OC(=O)c3ccccc3)[C@@H](CO[P+]3(N4CCCC4)N(C)CCN3C)O2)c(=O)n(C(=O)c2ccccc2)c1=O.F[P-](F)(F)(F)(F)F. The summed E-state index contributed by atoms with van der Waals surface area (Å²) in [4.78, 5) is 53.3. The van der Waals surface area contributed by atoms with E-state index in [9.17, 15) is 44.4 Å². The van der Waals surface area contributed by atoms with Gasteiger partial charge in [-0.1, -0.05) is 36.4 Å². The van der Waals surface area contributed by atoms with Crippen LogP contribution in [0.15, 0.2) is 76.4 Å². The average molecular weight is 782 g/mol. The predicted octanol–water partition coefficient (Wildman–Crippen LogP) is 6.57. The summed E-state index contributed by atoms with van der Waals surface area (Å²) in [6, 6.07) is 16.9. The first-order chi connectivity index (χ1) is 24.2. The predicted molar refractivity (Wildman–Crippen MR) is 183 cm³/mol. The molecule has 0 bridgehead atoms. The van der Waals surface area contributed by atoms with Crippen LogP contribution in [0, 0.1) is 6.92 Å².